The van der Waals surface area contributed by atoms with Gasteiger partial charge in [-0.25, -0.2) is 9.59 Å². The summed E-state index contributed by atoms with van der Waals surface area (Å²) >= 11 is 5.82. The number of carboxylic acids is 1. The molecule has 0 saturated carbocycles. The van der Waals surface area contributed by atoms with E-state index in [0.29, 0.717) is 27.8 Å². The summed E-state index contributed by atoms with van der Waals surface area (Å²) in [4.78, 5) is 24.1. The molecule has 3 aromatic carbocycles. The van der Waals surface area contributed by atoms with Gasteiger partial charge in [-0.3, -0.25) is 0 Å². The number of anilines is 1. The maximum Gasteiger partial charge on any atom is 0.331 e. The Bertz CT molecular complexity index is 962. The van der Waals surface area contributed by atoms with Crippen LogP contribution >= 0.6 is 11.6 Å². The van der Waals surface area contributed by atoms with Crippen molar-refractivity contribution in [3.05, 3.63) is 89.4 Å². The third-order valence-corrected chi connectivity index (χ3v) is 4.08. The van der Waals surface area contributed by atoms with Gasteiger partial charge in [0.05, 0.1) is 0 Å². The molecular weight excluding hydrogens is 380 g/mol. The van der Waals surface area contributed by atoms with E-state index in [0.717, 1.165) is 0 Å². The minimum atomic E-state index is -1.30. The van der Waals surface area contributed by atoms with E-state index in [1.165, 1.54) is 0 Å². The van der Waals surface area contributed by atoms with Crippen LogP contribution in [0.15, 0.2) is 78.9 Å². The molecule has 0 radical (unpaired) electrons. The number of halogens is 1. The highest BCUT2D eigenvalue weighted by Crippen LogP contribution is 2.30. The van der Waals surface area contributed by atoms with E-state index >= 15 is 0 Å². The summed E-state index contributed by atoms with van der Waals surface area (Å²) < 4.78 is 5.80. The van der Waals surface area contributed by atoms with Gasteiger partial charge in [0, 0.05) is 16.3 Å². The molecule has 28 heavy (non-hydrogen) atoms. The summed E-state index contributed by atoms with van der Waals surface area (Å²) in [5.74, 6) is -0.312. The van der Waals surface area contributed by atoms with Gasteiger partial charge in [-0.15, -0.1) is 0 Å². The van der Waals surface area contributed by atoms with Crippen molar-refractivity contribution in [2.24, 2.45) is 0 Å². The van der Waals surface area contributed by atoms with Crippen LogP contribution in [0.1, 0.15) is 11.6 Å². The number of carbonyl (C=O) groups excluding carboxylic acids is 1. The lowest BCUT2D eigenvalue weighted by Crippen LogP contribution is -2.36. The first-order chi connectivity index (χ1) is 13.5. The Hall–Kier alpha value is -3.51. The van der Waals surface area contributed by atoms with Crippen LogP contribution in [0.2, 0.25) is 5.02 Å². The molecule has 0 saturated heterocycles. The fourth-order valence-electron chi connectivity index (χ4n) is 2.53. The fourth-order valence-corrected chi connectivity index (χ4v) is 2.66. The molecule has 0 heterocycles. The van der Waals surface area contributed by atoms with Gasteiger partial charge in [0.2, 0.25) is 0 Å². The van der Waals surface area contributed by atoms with E-state index in [9.17, 15) is 14.7 Å². The van der Waals surface area contributed by atoms with Crippen molar-refractivity contribution in [3.8, 4) is 11.5 Å². The Balaban J connectivity index is 1.79. The molecule has 0 aliphatic rings. The van der Waals surface area contributed by atoms with Gasteiger partial charge in [-0.2, -0.15) is 0 Å². The van der Waals surface area contributed by atoms with Crippen LogP contribution in [0, 0.1) is 0 Å². The van der Waals surface area contributed by atoms with E-state index in [-0.39, 0.29) is 0 Å². The average Bonchev–Trinajstić information content (AvgIpc) is 2.69. The Labute approximate surface area is 166 Å². The number of nitrogens with one attached hydrogen (secondary N) is 2. The fraction of sp³-hybridized carbons (Fsp3) is 0.0476. The number of hydrogen-bond donors (Lipinski definition) is 3. The normalized spacial score (nSPS) is 11.3. The van der Waals surface area contributed by atoms with Crippen molar-refractivity contribution in [2.45, 2.75) is 6.04 Å². The number of urea groups is 1. The minimum absolute atomic E-state index is 0.324. The standard InChI is InChI=1S/C21H17ClN2O4/c22-14-10-12-15(13-11-14)23-21(27)24-19(20(25)26)17-8-4-5-9-18(17)28-16-6-2-1-3-7-16/h1-13,19H,(H,25,26)(H2,23,24,27). The molecule has 6 nitrogen and oxygen atoms in total. The lowest BCUT2D eigenvalue weighted by molar-refractivity contribution is -0.139. The average molecular weight is 397 g/mol. The highest BCUT2D eigenvalue weighted by Gasteiger charge is 2.25. The number of carboxylic acid groups (broad SMARTS) is 1. The van der Waals surface area contributed by atoms with Crippen molar-refractivity contribution in [1.82, 2.24) is 5.32 Å². The molecule has 0 spiro atoms. The van der Waals surface area contributed by atoms with E-state index in [4.69, 9.17) is 16.3 Å². The predicted octanol–water partition coefficient (Wildman–Crippen LogP) is 5.08. The number of carbonyl (C=O) groups is 2. The molecule has 0 fully saturated rings. The van der Waals surface area contributed by atoms with Crippen molar-refractivity contribution in [1.29, 1.82) is 0 Å². The zero-order valence-electron chi connectivity index (χ0n) is 14.6. The summed E-state index contributed by atoms with van der Waals surface area (Å²) in [6.07, 6.45) is 0. The highest BCUT2D eigenvalue weighted by molar-refractivity contribution is 6.30. The number of benzene rings is 3. The molecule has 1 atom stereocenters. The van der Waals surface area contributed by atoms with Crippen LogP contribution in [-0.2, 0) is 4.79 Å². The van der Waals surface area contributed by atoms with E-state index in [2.05, 4.69) is 10.6 Å². The van der Waals surface area contributed by atoms with Crippen molar-refractivity contribution in [3.63, 3.8) is 0 Å². The molecule has 142 valence electrons. The van der Waals surface area contributed by atoms with Gasteiger partial charge in [-0.1, -0.05) is 48.0 Å². The molecule has 7 heteroatoms. The molecule has 0 aromatic heterocycles. The quantitative estimate of drug-likeness (QED) is 0.542. The molecule has 3 N–H and O–H groups in total. The lowest BCUT2D eigenvalue weighted by atomic mass is 10.1. The Morgan fingerprint density at radius 2 is 1.54 bits per heavy atom. The van der Waals surface area contributed by atoms with Gasteiger partial charge in [0.25, 0.3) is 0 Å². The zero-order chi connectivity index (χ0) is 19.9. The number of amides is 2. The molecule has 2 amide bonds. The summed E-state index contributed by atoms with van der Waals surface area (Å²) in [6.45, 7) is 0. The third kappa shape index (κ3) is 5.02. The van der Waals surface area contributed by atoms with Gasteiger partial charge >= 0.3 is 12.0 Å². The molecular formula is C21H17ClN2O4. The van der Waals surface area contributed by atoms with E-state index < -0.39 is 18.0 Å². The van der Waals surface area contributed by atoms with Crippen molar-refractivity contribution >= 4 is 29.3 Å². The van der Waals surface area contributed by atoms with Crippen molar-refractivity contribution < 1.29 is 19.4 Å². The number of para-hydroxylation sites is 2. The summed E-state index contributed by atoms with van der Waals surface area (Å²) in [6, 6.07) is 20.2. The monoisotopic (exact) mass is 396 g/mol. The van der Waals surface area contributed by atoms with Gasteiger partial charge in [-0.05, 0) is 42.5 Å². The summed E-state index contributed by atoms with van der Waals surface area (Å²) in [5, 5.41) is 15.2. The van der Waals surface area contributed by atoms with Crippen LogP contribution in [0.4, 0.5) is 10.5 Å². The molecule has 3 aromatic rings. The van der Waals surface area contributed by atoms with Crippen LogP contribution < -0.4 is 15.4 Å². The number of aliphatic carboxylic acids is 1. The van der Waals surface area contributed by atoms with Gasteiger partial charge in [0.1, 0.15) is 11.5 Å². The second-order valence-electron chi connectivity index (χ2n) is 5.83. The van der Waals surface area contributed by atoms with Crippen molar-refractivity contribution in [2.75, 3.05) is 5.32 Å². The van der Waals surface area contributed by atoms with Crippen LogP contribution in [0.25, 0.3) is 0 Å². The number of hydrogen-bond acceptors (Lipinski definition) is 3. The minimum Gasteiger partial charge on any atom is -0.479 e. The Morgan fingerprint density at radius 1 is 0.893 bits per heavy atom. The predicted molar refractivity (Wildman–Crippen MR) is 107 cm³/mol. The molecule has 0 bridgehead atoms. The van der Waals surface area contributed by atoms with Crippen LogP contribution in [0.3, 0.4) is 0 Å². The second kappa shape index (κ2) is 8.92. The van der Waals surface area contributed by atoms with Crippen LogP contribution in [-0.4, -0.2) is 17.1 Å². The maximum atomic E-state index is 12.3. The van der Waals surface area contributed by atoms with E-state index in [1.54, 1.807) is 60.7 Å². The molecule has 0 aliphatic carbocycles. The Morgan fingerprint density at radius 3 is 2.21 bits per heavy atom. The first-order valence-corrected chi connectivity index (χ1v) is 8.78. The molecule has 0 aliphatic heterocycles. The third-order valence-electron chi connectivity index (χ3n) is 3.83. The van der Waals surface area contributed by atoms with Crippen LogP contribution in [0.5, 0.6) is 11.5 Å². The largest absolute Gasteiger partial charge is 0.479 e. The smallest absolute Gasteiger partial charge is 0.331 e. The number of rotatable bonds is 6. The lowest BCUT2D eigenvalue weighted by Gasteiger charge is -2.19. The summed E-state index contributed by atoms with van der Waals surface area (Å²) in [7, 11) is 0. The molecule has 3 rings (SSSR count). The number of ether oxygens (including phenoxy) is 1. The van der Waals surface area contributed by atoms with Gasteiger partial charge in [0.15, 0.2) is 6.04 Å². The maximum absolute atomic E-state index is 12.3. The zero-order valence-corrected chi connectivity index (χ0v) is 15.4. The highest BCUT2D eigenvalue weighted by atomic mass is 35.5. The molecule has 1 unspecified atom stereocenters. The van der Waals surface area contributed by atoms with E-state index in [1.807, 2.05) is 18.2 Å². The van der Waals surface area contributed by atoms with Gasteiger partial charge < -0.3 is 20.5 Å². The SMILES string of the molecule is O=C(Nc1ccc(Cl)cc1)NC(C(=O)O)c1ccccc1Oc1ccccc1. The topological polar surface area (TPSA) is 87.7 Å². The first-order valence-electron chi connectivity index (χ1n) is 8.40. The Kier molecular flexibility index (Phi) is 6.14. The first kappa shape index (κ1) is 19.3. The summed E-state index contributed by atoms with van der Waals surface area (Å²) in [5.41, 5.74) is 0.810. The second-order valence-corrected chi connectivity index (χ2v) is 6.27.